The lowest BCUT2D eigenvalue weighted by Gasteiger charge is -2.31. The van der Waals surface area contributed by atoms with Gasteiger partial charge in [-0.25, -0.2) is 13.6 Å². The first-order valence-electron chi connectivity index (χ1n) is 10.2. The lowest BCUT2D eigenvalue weighted by molar-refractivity contribution is -0.218. The van der Waals surface area contributed by atoms with Crippen LogP contribution in [0.1, 0.15) is 28.8 Å². The first kappa shape index (κ1) is 24.1. The van der Waals surface area contributed by atoms with E-state index in [-0.39, 0.29) is 6.42 Å². The summed E-state index contributed by atoms with van der Waals surface area (Å²) in [6.07, 6.45) is -5.52. The van der Waals surface area contributed by atoms with Gasteiger partial charge in [-0.1, -0.05) is 48.0 Å². The number of hydrogen-bond donors (Lipinski definition) is 2. The normalized spacial score (nSPS) is 22.5. The molecule has 3 aromatic carbocycles. The van der Waals surface area contributed by atoms with Crippen LogP contribution in [0.25, 0.3) is 0 Å². The van der Waals surface area contributed by atoms with Crippen molar-refractivity contribution < 1.29 is 31.5 Å². The topological polar surface area (TPSA) is 50.4 Å². The number of carbonyl (C=O) groups excluding carboxylic acids is 1. The van der Waals surface area contributed by atoms with Crippen molar-refractivity contribution in [1.29, 1.82) is 0 Å². The number of rotatable bonds is 5. The zero-order valence-corrected chi connectivity index (χ0v) is 18.1. The van der Waals surface area contributed by atoms with Crippen LogP contribution in [0.3, 0.4) is 0 Å². The Balaban J connectivity index is 1.80. The van der Waals surface area contributed by atoms with E-state index in [1.54, 1.807) is 30.3 Å². The maximum Gasteiger partial charge on any atom is 0.491 e. The molecule has 2 N–H and O–H groups in total. The molecule has 1 saturated heterocycles. The highest BCUT2D eigenvalue weighted by atomic mass is 35.5. The Bertz CT molecular complexity index is 1150. The van der Waals surface area contributed by atoms with Gasteiger partial charge in [0.05, 0.1) is 12.1 Å². The zero-order chi connectivity index (χ0) is 24.5. The number of benzene rings is 3. The fourth-order valence-corrected chi connectivity index (χ4v) is 4.22. The van der Waals surface area contributed by atoms with E-state index < -0.39 is 41.7 Å². The Morgan fingerprint density at radius 2 is 1.41 bits per heavy atom. The van der Waals surface area contributed by atoms with Gasteiger partial charge in [0.25, 0.3) is 0 Å². The van der Waals surface area contributed by atoms with E-state index in [1.165, 1.54) is 42.5 Å². The number of carbonyl (C=O) groups is 1. The van der Waals surface area contributed by atoms with Crippen molar-refractivity contribution in [2.24, 2.45) is 0 Å². The Labute approximate surface area is 196 Å². The molecule has 34 heavy (non-hydrogen) atoms. The van der Waals surface area contributed by atoms with Crippen LogP contribution in [-0.4, -0.2) is 18.0 Å². The van der Waals surface area contributed by atoms with E-state index in [9.17, 15) is 26.7 Å². The van der Waals surface area contributed by atoms with Crippen molar-refractivity contribution in [2.45, 2.75) is 30.5 Å². The molecule has 0 amide bonds. The molecule has 0 aliphatic carbocycles. The molecule has 2 atom stereocenters. The van der Waals surface area contributed by atoms with E-state index >= 15 is 0 Å². The third kappa shape index (κ3) is 5.38. The van der Waals surface area contributed by atoms with E-state index in [0.29, 0.717) is 21.7 Å². The lowest BCUT2D eigenvalue weighted by Crippen LogP contribution is -2.56. The second-order valence-electron chi connectivity index (χ2n) is 7.88. The monoisotopic (exact) mass is 496 g/mol. The predicted octanol–water partition coefficient (Wildman–Crippen LogP) is 5.60. The third-order valence-electron chi connectivity index (χ3n) is 5.37. The molecule has 1 heterocycles. The van der Waals surface area contributed by atoms with Gasteiger partial charge in [-0.2, -0.15) is 13.2 Å². The van der Waals surface area contributed by atoms with Crippen LogP contribution < -0.4 is 10.6 Å². The van der Waals surface area contributed by atoms with Crippen LogP contribution in [-0.2, 0) is 16.0 Å². The van der Waals surface area contributed by atoms with E-state index in [2.05, 4.69) is 10.6 Å². The van der Waals surface area contributed by atoms with Crippen molar-refractivity contribution >= 4 is 17.6 Å². The fraction of sp³-hybridized carbons (Fsp3) is 0.208. The highest BCUT2D eigenvalue weighted by molar-refractivity contribution is 6.30. The number of nitrogens with one attached hydrogen (secondary N) is 2. The Morgan fingerprint density at radius 1 is 0.882 bits per heavy atom. The maximum absolute atomic E-state index is 14.0. The van der Waals surface area contributed by atoms with Crippen LogP contribution in [0.15, 0.2) is 72.8 Å². The summed E-state index contributed by atoms with van der Waals surface area (Å²) in [6, 6.07) is 15.4. The van der Waals surface area contributed by atoms with Crippen molar-refractivity contribution in [3.8, 4) is 0 Å². The summed E-state index contributed by atoms with van der Waals surface area (Å²) in [4.78, 5) is 11.9. The minimum absolute atomic E-state index is 0.257. The smallest absolute Gasteiger partial charge is 0.423 e. The highest BCUT2D eigenvalue weighted by Gasteiger charge is 2.52. The van der Waals surface area contributed by atoms with Gasteiger partial charge >= 0.3 is 12.1 Å². The highest BCUT2D eigenvalue weighted by Crippen LogP contribution is 2.40. The quantitative estimate of drug-likeness (QED) is 0.357. The lowest BCUT2D eigenvalue weighted by atomic mass is 9.95. The Morgan fingerprint density at radius 3 is 1.88 bits per heavy atom. The van der Waals surface area contributed by atoms with Gasteiger partial charge < -0.3 is 4.74 Å². The second kappa shape index (κ2) is 9.32. The summed E-state index contributed by atoms with van der Waals surface area (Å²) >= 11 is 6.03. The van der Waals surface area contributed by atoms with E-state index in [1.807, 2.05) is 0 Å². The summed E-state index contributed by atoms with van der Waals surface area (Å²) in [5.41, 5.74) is 1.18. The molecule has 2 unspecified atom stereocenters. The van der Waals surface area contributed by atoms with Crippen molar-refractivity contribution in [3.63, 3.8) is 0 Å². The molecule has 0 bridgehead atoms. The third-order valence-corrected chi connectivity index (χ3v) is 5.60. The molecule has 3 aromatic rings. The van der Waals surface area contributed by atoms with Gasteiger partial charge in [-0.15, -0.1) is 0 Å². The Kier molecular flexibility index (Phi) is 6.62. The number of halogens is 6. The van der Waals surface area contributed by atoms with Crippen LogP contribution in [0.4, 0.5) is 22.0 Å². The molecule has 4 nitrogen and oxygen atoms in total. The van der Waals surface area contributed by atoms with Crippen LogP contribution in [0.5, 0.6) is 0 Å². The molecule has 0 radical (unpaired) electrons. The molecule has 1 aliphatic rings. The Hall–Kier alpha value is -3.01. The first-order valence-corrected chi connectivity index (χ1v) is 10.5. The summed E-state index contributed by atoms with van der Waals surface area (Å²) < 4.78 is 72.5. The summed E-state index contributed by atoms with van der Waals surface area (Å²) in [7, 11) is 0. The largest absolute Gasteiger partial charge is 0.491 e. The van der Waals surface area contributed by atoms with Crippen molar-refractivity contribution in [3.05, 3.63) is 106 Å². The van der Waals surface area contributed by atoms with Gasteiger partial charge in [-0.05, 0) is 53.1 Å². The fourth-order valence-electron chi connectivity index (χ4n) is 4.01. The minimum Gasteiger partial charge on any atom is -0.423 e. The zero-order valence-electron chi connectivity index (χ0n) is 17.4. The summed E-state index contributed by atoms with van der Waals surface area (Å²) in [5, 5.41) is 6.13. The molecule has 0 aromatic heterocycles. The summed E-state index contributed by atoms with van der Waals surface area (Å²) in [6.45, 7) is 0. The molecule has 0 saturated carbocycles. The number of esters is 1. The molecule has 1 aliphatic heterocycles. The summed E-state index contributed by atoms with van der Waals surface area (Å²) in [5.74, 6) is -5.63. The van der Waals surface area contributed by atoms with Gasteiger partial charge in [0.15, 0.2) is 0 Å². The number of hydrogen-bond acceptors (Lipinski definition) is 4. The predicted molar refractivity (Wildman–Crippen MR) is 115 cm³/mol. The number of alkyl halides is 3. The van der Waals surface area contributed by atoms with Gasteiger partial charge in [0.1, 0.15) is 11.6 Å². The van der Waals surface area contributed by atoms with Crippen LogP contribution >= 0.6 is 11.6 Å². The standard InChI is InChI=1S/C24H18ClF5N2O2/c25-17-7-1-4-14(10-17)13-23(34-22(33)24(28,29)30)31-20(15-5-2-8-18(26)11-15)21(32-23)16-6-3-9-19(27)12-16/h1-12,20-21,31-32H,13H2. The molecule has 0 spiro atoms. The molecule has 178 valence electrons. The van der Waals surface area contributed by atoms with Gasteiger partial charge in [-0.3, -0.25) is 10.6 Å². The van der Waals surface area contributed by atoms with Gasteiger partial charge in [0, 0.05) is 11.4 Å². The SMILES string of the molecule is O=C(OC1(Cc2cccc(Cl)c2)NC(c2cccc(F)c2)C(c2cccc(F)c2)N1)C(F)(F)F. The molecular weight excluding hydrogens is 479 g/mol. The molecular formula is C24H18ClF5N2O2. The number of ether oxygens (including phenoxy) is 1. The van der Waals surface area contributed by atoms with E-state index in [4.69, 9.17) is 16.3 Å². The van der Waals surface area contributed by atoms with Crippen molar-refractivity contribution in [2.75, 3.05) is 0 Å². The molecule has 10 heteroatoms. The first-order chi connectivity index (χ1) is 16.0. The average molecular weight is 497 g/mol. The maximum atomic E-state index is 14.0. The molecule has 1 fully saturated rings. The van der Waals surface area contributed by atoms with Gasteiger partial charge in [0.2, 0.25) is 5.85 Å². The average Bonchev–Trinajstić information content (AvgIpc) is 3.12. The molecule has 4 rings (SSSR count). The van der Waals surface area contributed by atoms with Crippen LogP contribution in [0, 0.1) is 11.6 Å². The second-order valence-corrected chi connectivity index (χ2v) is 8.31. The van der Waals surface area contributed by atoms with Crippen molar-refractivity contribution in [1.82, 2.24) is 10.6 Å². The van der Waals surface area contributed by atoms with Crippen LogP contribution in [0.2, 0.25) is 5.02 Å². The van der Waals surface area contributed by atoms with E-state index in [0.717, 1.165) is 0 Å². The minimum atomic E-state index is -5.27.